The molecule has 0 aliphatic carbocycles. The molecule has 0 bridgehead atoms. The standard InChI is InChI=1S/C22H24N2O2S/c1-24(2)20(17-9-11-19(26-3)12-10-17)14-23-22(25)21-13-18(15-27-21)16-7-5-4-6-8-16/h4-13,15,20H,14H2,1-3H3,(H,23,25)/t20-/m1/s1. The molecule has 0 saturated heterocycles. The molecule has 0 aliphatic rings. The lowest BCUT2D eigenvalue weighted by atomic mass is 10.1. The third-order valence-electron chi connectivity index (χ3n) is 4.51. The largest absolute Gasteiger partial charge is 0.497 e. The Bertz CT molecular complexity index is 873. The molecule has 4 nitrogen and oxygen atoms in total. The minimum absolute atomic E-state index is 0.0393. The summed E-state index contributed by atoms with van der Waals surface area (Å²) in [5.41, 5.74) is 3.33. The maximum atomic E-state index is 12.6. The molecular formula is C22H24N2O2S. The second-order valence-corrected chi connectivity index (χ2v) is 7.44. The highest BCUT2D eigenvalue weighted by molar-refractivity contribution is 7.12. The molecule has 1 N–H and O–H groups in total. The number of benzene rings is 2. The number of carbonyl (C=O) groups excluding carboxylic acids is 1. The van der Waals surface area contributed by atoms with Crippen LogP contribution in [0.2, 0.25) is 0 Å². The van der Waals surface area contributed by atoms with E-state index in [1.807, 2.05) is 68.0 Å². The first kappa shape index (κ1) is 19.1. The van der Waals surface area contributed by atoms with Gasteiger partial charge in [-0.3, -0.25) is 4.79 Å². The third-order valence-corrected chi connectivity index (χ3v) is 5.44. The van der Waals surface area contributed by atoms with Crippen LogP contribution in [-0.4, -0.2) is 38.6 Å². The minimum Gasteiger partial charge on any atom is -0.497 e. The third kappa shape index (κ3) is 4.76. The van der Waals surface area contributed by atoms with Gasteiger partial charge in [-0.05, 0) is 54.4 Å². The van der Waals surface area contributed by atoms with Gasteiger partial charge in [-0.15, -0.1) is 11.3 Å². The van der Waals surface area contributed by atoms with Crippen molar-refractivity contribution in [1.29, 1.82) is 0 Å². The van der Waals surface area contributed by atoms with E-state index in [2.05, 4.69) is 22.3 Å². The molecule has 0 fully saturated rings. The van der Waals surface area contributed by atoms with Crippen molar-refractivity contribution >= 4 is 17.2 Å². The molecule has 1 amide bonds. The molecule has 1 aromatic heterocycles. The predicted molar refractivity (Wildman–Crippen MR) is 112 cm³/mol. The Balaban J connectivity index is 1.66. The van der Waals surface area contributed by atoms with Crippen molar-refractivity contribution in [2.45, 2.75) is 6.04 Å². The first-order valence-electron chi connectivity index (χ1n) is 8.81. The number of hydrogen-bond acceptors (Lipinski definition) is 4. The van der Waals surface area contributed by atoms with Crippen molar-refractivity contribution in [2.24, 2.45) is 0 Å². The molecule has 1 atom stereocenters. The van der Waals surface area contributed by atoms with Gasteiger partial charge in [0.05, 0.1) is 18.0 Å². The highest BCUT2D eigenvalue weighted by atomic mass is 32.1. The number of hydrogen-bond donors (Lipinski definition) is 1. The Morgan fingerprint density at radius 2 is 1.78 bits per heavy atom. The lowest BCUT2D eigenvalue weighted by Gasteiger charge is -2.25. The minimum atomic E-state index is -0.0393. The fourth-order valence-corrected chi connectivity index (χ4v) is 3.77. The average molecular weight is 381 g/mol. The van der Waals surface area contributed by atoms with E-state index in [1.165, 1.54) is 11.3 Å². The van der Waals surface area contributed by atoms with Crippen molar-refractivity contribution in [2.75, 3.05) is 27.7 Å². The lowest BCUT2D eigenvalue weighted by molar-refractivity contribution is 0.0946. The van der Waals surface area contributed by atoms with E-state index in [0.717, 1.165) is 27.3 Å². The fraction of sp³-hybridized carbons (Fsp3) is 0.227. The zero-order valence-electron chi connectivity index (χ0n) is 15.8. The number of methoxy groups -OCH3 is 1. The zero-order chi connectivity index (χ0) is 19.2. The van der Waals surface area contributed by atoms with Crippen molar-refractivity contribution in [3.63, 3.8) is 0 Å². The predicted octanol–water partition coefficient (Wildman–Crippen LogP) is 4.46. The van der Waals surface area contributed by atoms with Crippen molar-refractivity contribution in [1.82, 2.24) is 10.2 Å². The van der Waals surface area contributed by atoms with Crippen LogP contribution in [0.1, 0.15) is 21.3 Å². The summed E-state index contributed by atoms with van der Waals surface area (Å²) in [4.78, 5) is 15.4. The molecule has 3 rings (SSSR count). The molecule has 1 heterocycles. The number of nitrogens with one attached hydrogen (secondary N) is 1. The maximum Gasteiger partial charge on any atom is 0.261 e. The molecule has 3 aromatic rings. The summed E-state index contributed by atoms with van der Waals surface area (Å²) in [5, 5.41) is 5.10. The highest BCUT2D eigenvalue weighted by Crippen LogP contribution is 2.26. The molecule has 5 heteroatoms. The van der Waals surface area contributed by atoms with Crippen molar-refractivity contribution in [3.05, 3.63) is 76.5 Å². The summed E-state index contributed by atoms with van der Waals surface area (Å²) in [7, 11) is 5.68. The van der Waals surface area contributed by atoms with Gasteiger partial charge in [0.2, 0.25) is 0 Å². The van der Waals surface area contributed by atoms with Gasteiger partial charge in [0, 0.05) is 6.54 Å². The Labute approximate surface area is 164 Å². The molecule has 0 saturated carbocycles. The zero-order valence-corrected chi connectivity index (χ0v) is 16.6. The number of rotatable bonds is 7. The van der Waals surface area contributed by atoms with E-state index in [-0.39, 0.29) is 11.9 Å². The van der Waals surface area contributed by atoms with E-state index < -0.39 is 0 Å². The summed E-state index contributed by atoms with van der Waals surface area (Å²) in [6, 6.07) is 20.1. The van der Waals surface area contributed by atoms with E-state index in [1.54, 1.807) is 7.11 Å². The Morgan fingerprint density at radius 3 is 2.41 bits per heavy atom. The molecule has 140 valence electrons. The van der Waals surface area contributed by atoms with Crippen molar-refractivity contribution in [3.8, 4) is 16.9 Å². The summed E-state index contributed by atoms with van der Waals surface area (Å²) >= 11 is 1.47. The monoisotopic (exact) mass is 380 g/mol. The van der Waals surface area contributed by atoms with Crippen LogP contribution in [0, 0.1) is 0 Å². The number of carbonyl (C=O) groups is 1. The summed E-state index contributed by atoms with van der Waals surface area (Å²) in [6.07, 6.45) is 0. The van der Waals surface area contributed by atoms with Crippen LogP contribution in [0.15, 0.2) is 66.0 Å². The van der Waals surface area contributed by atoms with Crippen LogP contribution in [0.4, 0.5) is 0 Å². The van der Waals surface area contributed by atoms with Gasteiger partial charge < -0.3 is 15.0 Å². The molecular weight excluding hydrogens is 356 g/mol. The first-order valence-corrected chi connectivity index (χ1v) is 9.69. The highest BCUT2D eigenvalue weighted by Gasteiger charge is 2.17. The van der Waals surface area contributed by atoms with Crippen LogP contribution < -0.4 is 10.1 Å². The molecule has 2 aromatic carbocycles. The van der Waals surface area contributed by atoms with Gasteiger partial charge in [-0.1, -0.05) is 42.5 Å². The molecule has 27 heavy (non-hydrogen) atoms. The summed E-state index contributed by atoms with van der Waals surface area (Å²) in [6.45, 7) is 0.538. The SMILES string of the molecule is COc1ccc([C@@H](CNC(=O)c2cc(-c3ccccc3)cs2)N(C)C)cc1. The molecule has 0 aliphatic heterocycles. The van der Waals surface area contributed by atoms with E-state index in [9.17, 15) is 4.79 Å². The summed E-state index contributed by atoms with van der Waals surface area (Å²) in [5.74, 6) is 0.787. The Morgan fingerprint density at radius 1 is 1.07 bits per heavy atom. The van der Waals surface area contributed by atoms with Crippen molar-refractivity contribution < 1.29 is 9.53 Å². The smallest absolute Gasteiger partial charge is 0.261 e. The number of nitrogens with zero attached hydrogens (tertiary/aromatic N) is 1. The normalized spacial score (nSPS) is 12.0. The van der Waals surface area contributed by atoms with Gasteiger partial charge in [-0.25, -0.2) is 0 Å². The van der Waals surface area contributed by atoms with E-state index >= 15 is 0 Å². The fourth-order valence-electron chi connectivity index (χ4n) is 2.94. The van der Waals surface area contributed by atoms with Gasteiger partial charge in [0.25, 0.3) is 5.91 Å². The molecule has 0 spiro atoms. The first-order chi connectivity index (χ1) is 13.1. The lowest BCUT2D eigenvalue weighted by Crippen LogP contribution is -2.34. The van der Waals surface area contributed by atoms with Crippen LogP contribution in [0.5, 0.6) is 5.75 Å². The van der Waals surface area contributed by atoms with Gasteiger partial charge in [0.15, 0.2) is 0 Å². The quantitative estimate of drug-likeness (QED) is 0.658. The van der Waals surface area contributed by atoms with Gasteiger partial charge in [0.1, 0.15) is 5.75 Å². The number of amides is 1. The number of ether oxygens (including phenoxy) is 1. The van der Waals surface area contributed by atoms with E-state index in [4.69, 9.17) is 4.74 Å². The van der Waals surface area contributed by atoms with Crippen LogP contribution in [-0.2, 0) is 0 Å². The van der Waals surface area contributed by atoms with Gasteiger partial charge >= 0.3 is 0 Å². The van der Waals surface area contributed by atoms with E-state index in [0.29, 0.717) is 6.54 Å². The van der Waals surface area contributed by atoms with Crippen LogP contribution in [0.25, 0.3) is 11.1 Å². The maximum absolute atomic E-state index is 12.6. The Kier molecular flexibility index (Phi) is 6.27. The second-order valence-electron chi connectivity index (χ2n) is 6.53. The second kappa shape index (κ2) is 8.84. The number of thiophene rings is 1. The molecule has 0 radical (unpaired) electrons. The Hall–Kier alpha value is -2.63. The molecule has 0 unspecified atom stereocenters. The average Bonchev–Trinajstić information content (AvgIpc) is 3.19. The van der Waals surface area contributed by atoms with Crippen LogP contribution in [0.3, 0.4) is 0 Å². The summed E-state index contributed by atoms with van der Waals surface area (Å²) < 4.78 is 5.22. The topological polar surface area (TPSA) is 41.6 Å². The van der Waals surface area contributed by atoms with Crippen LogP contribution >= 0.6 is 11.3 Å². The number of likely N-dealkylation sites (N-methyl/N-ethyl adjacent to an activating group) is 1. The van der Waals surface area contributed by atoms with Gasteiger partial charge in [-0.2, -0.15) is 0 Å².